The number of hydrogen-bond donors (Lipinski definition) is 3. The van der Waals surface area contributed by atoms with Gasteiger partial charge in [-0.3, -0.25) is 9.59 Å². The van der Waals surface area contributed by atoms with E-state index in [0.717, 1.165) is 11.6 Å². The van der Waals surface area contributed by atoms with Crippen molar-refractivity contribution in [1.29, 1.82) is 0 Å². The molecule has 1 aliphatic rings. The molecular formula is C23H14BrCl4F2N3O2. The maximum atomic E-state index is 14.0. The molecule has 1 fully saturated rings. The van der Waals surface area contributed by atoms with Crippen LogP contribution in [0.1, 0.15) is 21.8 Å². The molecule has 12 heteroatoms. The standard InChI is InChI=1S/C23H14BrCl4F2N3O2/c24-12-5-9(1-3-14(12)26)19-20(23(19,27)28)22(35)32-10-2-4-13(25)11(6-10)21(34)33-18-8-17(31)15(29)7-16(18)30/h1-8,19-20H,31H2,(H,32,35)(H,33,34)/t19-,20?/m0/s1. The van der Waals surface area contributed by atoms with E-state index in [2.05, 4.69) is 26.6 Å². The average molecular weight is 624 g/mol. The monoisotopic (exact) mass is 621 g/mol. The van der Waals surface area contributed by atoms with Crippen molar-refractivity contribution in [2.45, 2.75) is 10.3 Å². The minimum Gasteiger partial charge on any atom is -0.396 e. The number of nitrogens with two attached hydrogens (primary N) is 1. The number of carbonyl (C=O) groups is 2. The summed E-state index contributed by atoms with van der Waals surface area (Å²) in [4.78, 5) is 25.6. The molecule has 0 aliphatic heterocycles. The van der Waals surface area contributed by atoms with E-state index in [1.807, 2.05) is 0 Å². The maximum absolute atomic E-state index is 14.0. The highest BCUT2D eigenvalue weighted by Gasteiger charge is 2.67. The molecule has 1 saturated carbocycles. The molecule has 1 unspecified atom stereocenters. The van der Waals surface area contributed by atoms with E-state index in [0.29, 0.717) is 15.6 Å². The van der Waals surface area contributed by atoms with Gasteiger partial charge in [0.15, 0.2) is 0 Å². The van der Waals surface area contributed by atoms with Crippen molar-refractivity contribution in [2.24, 2.45) is 5.92 Å². The van der Waals surface area contributed by atoms with Crippen molar-refractivity contribution < 1.29 is 18.4 Å². The van der Waals surface area contributed by atoms with Gasteiger partial charge in [0.05, 0.1) is 32.9 Å². The molecule has 0 saturated heterocycles. The highest BCUT2D eigenvalue weighted by atomic mass is 79.9. The molecule has 1 aliphatic carbocycles. The number of hydrogen-bond acceptors (Lipinski definition) is 3. The first kappa shape index (κ1) is 26.0. The number of carbonyl (C=O) groups excluding carboxylic acids is 2. The molecule has 3 aromatic rings. The van der Waals surface area contributed by atoms with E-state index in [-0.39, 0.29) is 27.6 Å². The van der Waals surface area contributed by atoms with Crippen LogP contribution < -0.4 is 16.4 Å². The normalized spacial score (nSPS) is 18.1. The SMILES string of the molecule is Nc1cc(NC(=O)c2cc(NC(=O)C3[C@H](c4ccc(Cl)c(Br)c4)C3(Cl)Cl)ccc2Cl)c(F)cc1F. The van der Waals surface area contributed by atoms with Crippen LogP contribution in [0.15, 0.2) is 53.0 Å². The van der Waals surface area contributed by atoms with Crippen LogP contribution in [0.4, 0.5) is 25.8 Å². The fourth-order valence-electron chi connectivity index (χ4n) is 3.62. The molecule has 3 aromatic carbocycles. The Hall–Kier alpha value is -2.10. The summed E-state index contributed by atoms with van der Waals surface area (Å²) >= 11 is 28.3. The molecule has 182 valence electrons. The van der Waals surface area contributed by atoms with Crippen LogP contribution in [0, 0.1) is 17.6 Å². The summed E-state index contributed by atoms with van der Waals surface area (Å²) in [7, 11) is 0. The van der Waals surface area contributed by atoms with E-state index in [9.17, 15) is 18.4 Å². The number of halogens is 7. The van der Waals surface area contributed by atoms with Gasteiger partial charge in [-0.25, -0.2) is 8.78 Å². The van der Waals surface area contributed by atoms with Crippen LogP contribution in [0.3, 0.4) is 0 Å². The van der Waals surface area contributed by atoms with E-state index < -0.39 is 39.6 Å². The second-order valence-corrected chi connectivity index (χ2v) is 10.9. The molecule has 35 heavy (non-hydrogen) atoms. The third-order valence-electron chi connectivity index (χ3n) is 5.45. The van der Waals surface area contributed by atoms with Gasteiger partial charge in [0.1, 0.15) is 16.0 Å². The number of nitrogens with one attached hydrogen (secondary N) is 2. The smallest absolute Gasteiger partial charge is 0.257 e. The first-order chi connectivity index (χ1) is 16.4. The number of alkyl halides is 2. The molecule has 0 radical (unpaired) electrons. The van der Waals surface area contributed by atoms with E-state index in [1.165, 1.54) is 18.2 Å². The van der Waals surface area contributed by atoms with Gasteiger partial charge in [-0.1, -0.05) is 29.3 Å². The Morgan fingerprint density at radius 2 is 1.63 bits per heavy atom. The fraction of sp³-hybridized carbons (Fsp3) is 0.130. The lowest BCUT2D eigenvalue weighted by Crippen LogP contribution is -2.18. The molecule has 2 amide bonds. The topological polar surface area (TPSA) is 84.2 Å². The molecule has 0 spiro atoms. The molecule has 4 N–H and O–H groups in total. The minimum atomic E-state index is -1.34. The van der Waals surface area contributed by atoms with Crippen molar-refractivity contribution >= 4 is 91.2 Å². The van der Waals surface area contributed by atoms with Gasteiger partial charge in [0.2, 0.25) is 5.91 Å². The van der Waals surface area contributed by atoms with E-state index in [1.54, 1.807) is 18.2 Å². The van der Waals surface area contributed by atoms with E-state index >= 15 is 0 Å². The number of amides is 2. The van der Waals surface area contributed by atoms with Gasteiger partial charge < -0.3 is 16.4 Å². The first-order valence-corrected chi connectivity index (χ1v) is 12.2. The van der Waals surface area contributed by atoms with Gasteiger partial charge >= 0.3 is 0 Å². The van der Waals surface area contributed by atoms with Gasteiger partial charge in [-0.05, 0) is 57.9 Å². The molecule has 4 rings (SSSR count). The molecule has 0 bridgehead atoms. The van der Waals surface area contributed by atoms with Crippen molar-refractivity contribution in [3.8, 4) is 0 Å². The summed E-state index contributed by atoms with van der Waals surface area (Å²) in [5, 5.41) is 5.50. The summed E-state index contributed by atoms with van der Waals surface area (Å²) in [6.45, 7) is 0. The Bertz CT molecular complexity index is 1370. The Morgan fingerprint density at radius 1 is 0.943 bits per heavy atom. The highest BCUT2D eigenvalue weighted by molar-refractivity contribution is 9.10. The van der Waals surface area contributed by atoms with Crippen molar-refractivity contribution in [2.75, 3.05) is 16.4 Å². The van der Waals surface area contributed by atoms with Crippen molar-refractivity contribution in [3.05, 3.63) is 85.8 Å². The zero-order valence-corrected chi connectivity index (χ0v) is 21.9. The lowest BCUT2D eigenvalue weighted by molar-refractivity contribution is -0.117. The summed E-state index contributed by atoms with van der Waals surface area (Å²) in [5.74, 6) is -4.50. The minimum absolute atomic E-state index is 0.0373. The van der Waals surface area contributed by atoms with Crippen LogP contribution in [0.5, 0.6) is 0 Å². The van der Waals surface area contributed by atoms with Crippen LogP contribution in [-0.2, 0) is 4.79 Å². The van der Waals surface area contributed by atoms with Crippen LogP contribution in [-0.4, -0.2) is 16.1 Å². The largest absolute Gasteiger partial charge is 0.396 e. The first-order valence-electron chi connectivity index (χ1n) is 9.89. The Labute approximate surface area is 227 Å². The zero-order chi connectivity index (χ0) is 25.7. The second kappa shape index (κ2) is 9.75. The Balaban J connectivity index is 1.52. The predicted octanol–water partition coefficient (Wildman–Crippen LogP) is 7.39. The van der Waals surface area contributed by atoms with Crippen molar-refractivity contribution in [3.63, 3.8) is 0 Å². The van der Waals surface area contributed by atoms with Gasteiger partial charge in [0, 0.05) is 22.1 Å². The molecule has 2 atom stereocenters. The molecule has 0 heterocycles. The number of nitrogen functional groups attached to an aromatic ring is 1. The number of benzene rings is 3. The van der Waals surface area contributed by atoms with Gasteiger partial charge in [-0.2, -0.15) is 0 Å². The third-order valence-corrected chi connectivity index (χ3v) is 7.94. The highest BCUT2D eigenvalue weighted by Crippen LogP contribution is 2.65. The second-order valence-electron chi connectivity index (χ2n) is 7.79. The van der Waals surface area contributed by atoms with Crippen LogP contribution in [0.2, 0.25) is 10.0 Å². The molecular weight excluding hydrogens is 610 g/mol. The van der Waals surface area contributed by atoms with Gasteiger partial charge in [0.25, 0.3) is 5.91 Å². The van der Waals surface area contributed by atoms with E-state index in [4.69, 9.17) is 52.1 Å². The maximum Gasteiger partial charge on any atom is 0.257 e. The van der Waals surface area contributed by atoms with Crippen LogP contribution >= 0.6 is 62.3 Å². The number of anilines is 3. The summed E-state index contributed by atoms with van der Waals surface area (Å²) in [6.07, 6.45) is 0. The lowest BCUT2D eigenvalue weighted by Gasteiger charge is -2.11. The third kappa shape index (κ3) is 5.22. The quantitative estimate of drug-likeness (QED) is 0.205. The number of rotatable bonds is 5. The average Bonchev–Trinajstić information content (AvgIpc) is 3.37. The summed E-state index contributed by atoms with van der Waals surface area (Å²) in [6, 6.07) is 10.8. The summed E-state index contributed by atoms with van der Waals surface area (Å²) < 4.78 is 26.7. The fourth-order valence-corrected chi connectivity index (χ4v) is 5.17. The lowest BCUT2D eigenvalue weighted by atomic mass is 10.1. The summed E-state index contributed by atoms with van der Waals surface area (Å²) in [5.41, 5.74) is 5.66. The predicted molar refractivity (Wildman–Crippen MR) is 139 cm³/mol. The molecule has 0 aromatic heterocycles. The van der Waals surface area contributed by atoms with Gasteiger partial charge in [-0.15, -0.1) is 23.2 Å². The zero-order valence-electron chi connectivity index (χ0n) is 17.3. The van der Waals surface area contributed by atoms with Crippen LogP contribution in [0.25, 0.3) is 0 Å². The Kier molecular flexibility index (Phi) is 7.23. The van der Waals surface area contributed by atoms with Crippen molar-refractivity contribution in [1.82, 2.24) is 0 Å². The Morgan fingerprint density at radius 3 is 2.31 bits per heavy atom. The molecule has 5 nitrogen and oxygen atoms in total.